The van der Waals surface area contributed by atoms with E-state index in [1.165, 1.54) is 0 Å². The van der Waals surface area contributed by atoms with Crippen LogP contribution in [0.3, 0.4) is 0 Å². The number of nitrogens with zero attached hydrogens (tertiary/aromatic N) is 3. The van der Waals surface area contributed by atoms with Crippen molar-refractivity contribution in [2.45, 2.75) is 6.04 Å². The van der Waals surface area contributed by atoms with Gasteiger partial charge < -0.3 is 15.4 Å². The normalized spacial score (nSPS) is 22.5. The summed E-state index contributed by atoms with van der Waals surface area (Å²) in [7, 11) is 0. The number of anilines is 2. The molecule has 5 heteroatoms. The Morgan fingerprint density at radius 1 is 1.24 bits per heavy atom. The zero-order chi connectivity index (χ0) is 11.7. The third-order valence-corrected chi connectivity index (χ3v) is 3.62. The molecule has 0 aromatic carbocycles. The molecule has 0 spiro atoms. The highest BCUT2D eigenvalue weighted by Gasteiger charge is 2.29. The quantitative estimate of drug-likeness (QED) is 0.791. The summed E-state index contributed by atoms with van der Waals surface area (Å²) in [5, 5.41) is 0. The predicted octanol–water partition coefficient (Wildman–Crippen LogP) is 0.185. The van der Waals surface area contributed by atoms with Gasteiger partial charge in [0.2, 0.25) is 0 Å². The van der Waals surface area contributed by atoms with Crippen LogP contribution in [0.4, 0.5) is 11.4 Å². The Balaban J connectivity index is 1.63. The van der Waals surface area contributed by atoms with Crippen molar-refractivity contribution in [1.29, 1.82) is 0 Å². The Kier molecular flexibility index (Phi) is 2.86. The molecule has 0 bridgehead atoms. The van der Waals surface area contributed by atoms with Gasteiger partial charge in [0.15, 0.2) is 0 Å². The third-order valence-electron chi connectivity index (χ3n) is 3.62. The average Bonchev–Trinajstić information content (AvgIpc) is 2.29. The number of piperazine rings is 1. The van der Waals surface area contributed by atoms with Crippen molar-refractivity contribution in [3.05, 3.63) is 18.5 Å². The SMILES string of the molecule is Nc1cnccc1N1CCN(C2COC2)CC1. The van der Waals surface area contributed by atoms with E-state index in [2.05, 4.69) is 14.8 Å². The zero-order valence-electron chi connectivity index (χ0n) is 9.88. The molecule has 1 aromatic rings. The molecule has 0 saturated carbocycles. The molecule has 0 amide bonds. The minimum atomic E-state index is 0.645. The summed E-state index contributed by atoms with van der Waals surface area (Å²) in [6, 6.07) is 2.64. The average molecular weight is 234 g/mol. The maximum Gasteiger partial charge on any atom is 0.0738 e. The van der Waals surface area contributed by atoms with E-state index in [9.17, 15) is 0 Å². The minimum absolute atomic E-state index is 0.645. The fourth-order valence-corrected chi connectivity index (χ4v) is 2.45. The van der Waals surface area contributed by atoms with E-state index >= 15 is 0 Å². The van der Waals surface area contributed by atoms with Gasteiger partial charge in [0, 0.05) is 32.4 Å². The molecule has 5 nitrogen and oxygen atoms in total. The van der Waals surface area contributed by atoms with Gasteiger partial charge in [-0.25, -0.2) is 0 Å². The van der Waals surface area contributed by atoms with Gasteiger partial charge in [-0.15, -0.1) is 0 Å². The largest absolute Gasteiger partial charge is 0.396 e. The molecule has 2 saturated heterocycles. The molecule has 0 radical (unpaired) electrons. The Bertz CT molecular complexity index is 386. The first-order chi connectivity index (χ1) is 8.34. The van der Waals surface area contributed by atoms with Crippen LogP contribution >= 0.6 is 0 Å². The van der Waals surface area contributed by atoms with Gasteiger partial charge >= 0.3 is 0 Å². The summed E-state index contributed by atoms with van der Waals surface area (Å²) in [5.74, 6) is 0. The summed E-state index contributed by atoms with van der Waals surface area (Å²) in [6.07, 6.45) is 3.53. The van der Waals surface area contributed by atoms with E-state index in [4.69, 9.17) is 10.5 Å². The van der Waals surface area contributed by atoms with Gasteiger partial charge in [0.25, 0.3) is 0 Å². The summed E-state index contributed by atoms with van der Waals surface area (Å²) < 4.78 is 5.24. The lowest BCUT2D eigenvalue weighted by atomic mass is 10.1. The van der Waals surface area contributed by atoms with Crippen LogP contribution in [-0.2, 0) is 4.74 Å². The number of nitrogens with two attached hydrogens (primary N) is 1. The molecular formula is C12H18N4O. The molecule has 2 aliphatic rings. The number of ether oxygens (including phenoxy) is 1. The van der Waals surface area contributed by atoms with E-state index < -0.39 is 0 Å². The highest BCUT2D eigenvalue weighted by atomic mass is 16.5. The Morgan fingerprint density at radius 2 is 2.00 bits per heavy atom. The lowest BCUT2D eigenvalue weighted by molar-refractivity contribution is -0.0660. The molecule has 2 N–H and O–H groups in total. The van der Waals surface area contributed by atoms with Crippen LogP contribution in [0.2, 0.25) is 0 Å². The van der Waals surface area contributed by atoms with Gasteiger partial charge in [-0.1, -0.05) is 0 Å². The molecule has 3 heterocycles. The lowest BCUT2D eigenvalue weighted by Crippen LogP contribution is -2.56. The van der Waals surface area contributed by atoms with Crippen LogP contribution < -0.4 is 10.6 Å². The van der Waals surface area contributed by atoms with Crippen molar-refractivity contribution in [3.8, 4) is 0 Å². The first-order valence-electron chi connectivity index (χ1n) is 6.11. The summed E-state index contributed by atoms with van der Waals surface area (Å²) in [4.78, 5) is 8.88. The predicted molar refractivity (Wildman–Crippen MR) is 67.0 cm³/mol. The van der Waals surface area contributed by atoms with E-state index in [1.807, 2.05) is 6.07 Å². The fraction of sp³-hybridized carbons (Fsp3) is 0.583. The molecule has 0 aliphatic carbocycles. The summed E-state index contributed by atoms with van der Waals surface area (Å²) in [5.41, 5.74) is 7.83. The van der Waals surface area contributed by atoms with Crippen LogP contribution in [0.5, 0.6) is 0 Å². The van der Waals surface area contributed by atoms with Gasteiger partial charge in [-0.05, 0) is 6.07 Å². The molecule has 92 valence electrons. The van der Waals surface area contributed by atoms with Crippen molar-refractivity contribution < 1.29 is 4.74 Å². The fourth-order valence-electron chi connectivity index (χ4n) is 2.45. The summed E-state index contributed by atoms with van der Waals surface area (Å²) >= 11 is 0. The Labute approximate surface area is 101 Å². The third kappa shape index (κ3) is 2.08. The molecule has 3 rings (SSSR count). The number of aromatic nitrogens is 1. The number of hydrogen-bond donors (Lipinski definition) is 1. The molecule has 0 unspecified atom stereocenters. The second-order valence-electron chi connectivity index (χ2n) is 4.65. The molecular weight excluding hydrogens is 216 g/mol. The van der Waals surface area contributed by atoms with E-state index in [-0.39, 0.29) is 0 Å². The topological polar surface area (TPSA) is 54.6 Å². The first kappa shape index (κ1) is 10.8. The maximum atomic E-state index is 5.95. The van der Waals surface area contributed by atoms with E-state index in [0.29, 0.717) is 6.04 Å². The summed E-state index contributed by atoms with van der Waals surface area (Å²) in [6.45, 7) is 6.05. The second-order valence-corrected chi connectivity index (χ2v) is 4.65. The van der Waals surface area contributed by atoms with Crippen LogP contribution in [0.25, 0.3) is 0 Å². The second kappa shape index (κ2) is 4.50. The first-order valence-corrected chi connectivity index (χ1v) is 6.11. The number of nitrogen functional groups attached to an aromatic ring is 1. The van der Waals surface area contributed by atoms with Gasteiger partial charge in [0.05, 0.1) is 36.8 Å². The van der Waals surface area contributed by atoms with Crippen molar-refractivity contribution in [2.75, 3.05) is 50.0 Å². The monoisotopic (exact) mass is 234 g/mol. The Hall–Kier alpha value is -1.33. The molecule has 1 aromatic heterocycles. The standard InChI is InChI=1S/C12H18N4O/c13-11-7-14-2-1-12(11)16-5-3-15(4-6-16)10-8-17-9-10/h1-2,7,10H,3-6,8-9,13H2. The van der Waals surface area contributed by atoms with Crippen molar-refractivity contribution >= 4 is 11.4 Å². The Morgan fingerprint density at radius 3 is 2.59 bits per heavy atom. The highest BCUT2D eigenvalue weighted by molar-refractivity contribution is 5.66. The van der Waals surface area contributed by atoms with Crippen LogP contribution in [0.15, 0.2) is 18.5 Å². The van der Waals surface area contributed by atoms with Crippen LogP contribution in [-0.4, -0.2) is 55.3 Å². The minimum Gasteiger partial charge on any atom is -0.396 e. The number of hydrogen-bond acceptors (Lipinski definition) is 5. The van der Waals surface area contributed by atoms with Crippen molar-refractivity contribution in [2.24, 2.45) is 0 Å². The number of rotatable bonds is 2. The molecule has 0 atom stereocenters. The molecule has 17 heavy (non-hydrogen) atoms. The molecule has 2 fully saturated rings. The zero-order valence-corrected chi connectivity index (χ0v) is 9.88. The van der Waals surface area contributed by atoms with Crippen molar-refractivity contribution in [1.82, 2.24) is 9.88 Å². The molecule has 2 aliphatic heterocycles. The van der Waals surface area contributed by atoms with E-state index in [0.717, 1.165) is 50.8 Å². The van der Waals surface area contributed by atoms with Crippen LogP contribution in [0, 0.1) is 0 Å². The maximum absolute atomic E-state index is 5.95. The van der Waals surface area contributed by atoms with Crippen molar-refractivity contribution in [3.63, 3.8) is 0 Å². The smallest absolute Gasteiger partial charge is 0.0738 e. The van der Waals surface area contributed by atoms with E-state index in [1.54, 1.807) is 12.4 Å². The highest BCUT2D eigenvalue weighted by Crippen LogP contribution is 2.23. The van der Waals surface area contributed by atoms with Gasteiger partial charge in [-0.3, -0.25) is 9.88 Å². The van der Waals surface area contributed by atoms with Gasteiger partial charge in [-0.2, -0.15) is 0 Å². The number of pyridine rings is 1. The van der Waals surface area contributed by atoms with Crippen LogP contribution in [0.1, 0.15) is 0 Å². The van der Waals surface area contributed by atoms with Gasteiger partial charge in [0.1, 0.15) is 0 Å². The lowest BCUT2D eigenvalue weighted by Gasteiger charge is -2.43.